The Morgan fingerprint density at radius 2 is 2.08 bits per heavy atom. The van der Waals surface area contributed by atoms with Crippen LogP contribution in [0.15, 0.2) is 0 Å². The van der Waals surface area contributed by atoms with Crippen molar-refractivity contribution in [2.24, 2.45) is 5.73 Å². The van der Waals surface area contributed by atoms with Gasteiger partial charge in [-0.3, -0.25) is 9.69 Å². The van der Waals surface area contributed by atoms with Gasteiger partial charge in [0.25, 0.3) is 0 Å². The van der Waals surface area contributed by atoms with Crippen molar-refractivity contribution in [3.63, 3.8) is 0 Å². The predicted molar refractivity (Wildman–Crippen MR) is 45.5 cm³/mol. The maximum atomic E-state index is 10.8. The molecule has 0 saturated carbocycles. The van der Waals surface area contributed by atoms with Crippen LogP contribution in [-0.4, -0.2) is 41.1 Å². The van der Waals surface area contributed by atoms with Gasteiger partial charge >= 0.3 is 0 Å². The van der Waals surface area contributed by atoms with E-state index < -0.39 is 0 Å². The summed E-state index contributed by atoms with van der Waals surface area (Å²) in [5, 5.41) is 9.20. The lowest BCUT2D eigenvalue weighted by Crippen LogP contribution is -2.47. The Bertz CT molecular complexity index is 164. The minimum Gasteiger partial charge on any atom is -0.393 e. The van der Waals surface area contributed by atoms with Crippen molar-refractivity contribution >= 4 is 5.91 Å². The van der Waals surface area contributed by atoms with Gasteiger partial charge in [-0.25, -0.2) is 0 Å². The molecule has 4 nitrogen and oxygen atoms in total. The Morgan fingerprint density at radius 3 is 2.50 bits per heavy atom. The molecule has 0 radical (unpaired) electrons. The molecule has 0 bridgehead atoms. The number of amides is 1. The van der Waals surface area contributed by atoms with E-state index in [1.165, 1.54) is 0 Å². The summed E-state index contributed by atoms with van der Waals surface area (Å²) in [6.07, 6.45) is 1.30. The number of aliphatic hydroxyl groups excluding tert-OH is 1. The number of hydrogen-bond donors (Lipinski definition) is 2. The van der Waals surface area contributed by atoms with Crippen molar-refractivity contribution in [3.8, 4) is 0 Å². The Labute approximate surface area is 72.3 Å². The van der Waals surface area contributed by atoms with E-state index in [0.29, 0.717) is 0 Å². The standard InChI is InChI=1S/C8H16N2O2/c1-6(8(9)12)10-4-2-7(11)3-5-10/h6-7,11H,2-5H2,1H3,(H2,9,12)/t6-/m1/s1. The van der Waals surface area contributed by atoms with Crippen LogP contribution in [0, 0.1) is 0 Å². The highest BCUT2D eigenvalue weighted by atomic mass is 16.3. The van der Waals surface area contributed by atoms with E-state index in [4.69, 9.17) is 5.73 Å². The van der Waals surface area contributed by atoms with Crippen molar-refractivity contribution < 1.29 is 9.90 Å². The van der Waals surface area contributed by atoms with Gasteiger partial charge in [0.15, 0.2) is 0 Å². The summed E-state index contributed by atoms with van der Waals surface area (Å²) in [5.41, 5.74) is 5.16. The van der Waals surface area contributed by atoms with Gasteiger partial charge in [0, 0.05) is 13.1 Å². The average Bonchev–Trinajstić information content (AvgIpc) is 2.04. The van der Waals surface area contributed by atoms with Gasteiger partial charge in [-0.05, 0) is 19.8 Å². The molecule has 1 aliphatic heterocycles. The quantitative estimate of drug-likeness (QED) is 0.580. The molecule has 4 heteroatoms. The molecule has 3 N–H and O–H groups in total. The van der Waals surface area contributed by atoms with Crippen molar-refractivity contribution in [1.29, 1.82) is 0 Å². The fourth-order valence-corrected chi connectivity index (χ4v) is 1.45. The number of likely N-dealkylation sites (tertiary alicyclic amines) is 1. The van der Waals surface area contributed by atoms with Crippen LogP contribution >= 0.6 is 0 Å². The van der Waals surface area contributed by atoms with Crippen LogP contribution in [-0.2, 0) is 4.79 Å². The number of aliphatic hydroxyl groups is 1. The minimum absolute atomic E-state index is 0.193. The van der Waals surface area contributed by atoms with E-state index in [-0.39, 0.29) is 18.1 Å². The van der Waals surface area contributed by atoms with E-state index in [1.54, 1.807) is 6.92 Å². The first-order valence-electron chi connectivity index (χ1n) is 4.32. The first kappa shape index (κ1) is 9.48. The summed E-state index contributed by atoms with van der Waals surface area (Å²) < 4.78 is 0. The van der Waals surface area contributed by atoms with Crippen LogP contribution in [0.25, 0.3) is 0 Å². The Kier molecular flexibility index (Phi) is 3.05. The van der Waals surface area contributed by atoms with Crippen molar-refractivity contribution in [3.05, 3.63) is 0 Å². The summed E-state index contributed by atoms with van der Waals surface area (Å²) in [6.45, 7) is 3.34. The van der Waals surface area contributed by atoms with Crippen molar-refractivity contribution in [2.45, 2.75) is 31.9 Å². The third-order valence-corrected chi connectivity index (χ3v) is 2.46. The second-order valence-electron chi connectivity index (χ2n) is 3.35. The highest BCUT2D eigenvalue weighted by Gasteiger charge is 2.23. The number of primary amides is 1. The lowest BCUT2D eigenvalue weighted by molar-refractivity contribution is -0.123. The molecule has 1 fully saturated rings. The van der Waals surface area contributed by atoms with E-state index in [1.807, 2.05) is 4.90 Å². The van der Waals surface area contributed by atoms with Gasteiger partial charge in [0.05, 0.1) is 12.1 Å². The molecular formula is C8H16N2O2. The van der Waals surface area contributed by atoms with E-state index in [9.17, 15) is 9.90 Å². The molecule has 0 aliphatic carbocycles. The lowest BCUT2D eigenvalue weighted by Gasteiger charge is -2.32. The molecule has 0 aromatic rings. The minimum atomic E-state index is -0.286. The number of piperidine rings is 1. The van der Waals surface area contributed by atoms with Crippen LogP contribution in [0.1, 0.15) is 19.8 Å². The highest BCUT2D eigenvalue weighted by molar-refractivity contribution is 5.79. The van der Waals surface area contributed by atoms with Crippen LogP contribution in [0.4, 0.5) is 0 Å². The first-order chi connectivity index (χ1) is 5.61. The second-order valence-corrected chi connectivity index (χ2v) is 3.35. The molecule has 0 aromatic heterocycles. The van der Waals surface area contributed by atoms with E-state index >= 15 is 0 Å². The second kappa shape index (κ2) is 3.87. The number of nitrogens with two attached hydrogens (primary N) is 1. The number of nitrogens with zero attached hydrogens (tertiary/aromatic N) is 1. The molecule has 0 unspecified atom stereocenters. The number of carbonyl (C=O) groups excluding carboxylic acids is 1. The predicted octanol–water partition coefficient (Wildman–Crippen LogP) is -0.683. The normalized spacial score (nSPS) is 23.8. The molecule has 12 heavy (non-hydrogen) atoms. The molecule has 1 rings (SSSR count). The maximum Gasteiger partial charge on any atom is 0.234 e. The topological polar surface area (TPSA) is 66.6 Å². The molecule has 1 aliphatic rings. The molecule has 1 heterocycles. The van der Waals surface area contributed by atoms with E-state index in [0.717, 1.165) is 25.9 Å². The van der Waals surface area contributed by atoms with Gasteiger partial charge in [0.1, 0.15) is 0 Å². The smallest absolute Gasteiger partial charge is 0.234 e. The largest absolute Gasteiger partial charge is 0.393 e. The third kappa shape index (κ3) is 2.19. The maximum absolute atomic E-state index is 10.8. The molecule has 1 saturated heterocycles. The summed E-state index contributed by atoms with van der Waals surface area (Å²) in [6, 6.07) is -0.197. The zero-order valence-electron chi connectivity index (χ0n) is 7.36. The van der Waals surface area contributed by atoms with Crippen LogP contribution in [0.5, 0.6) is 0 Å². The summed E-state index contributed by atoms with van der Waals surface area (Å²) >= 11 is 0. The average molecular weight is 172 g/mol. The van der Waals surface area contributed by atoms with Gasteiger partial charge in [-0.15, -0.1) is 0 Å². The summed E-state index contributed by atoms with van der Waals surface area (Å²) in [7, 11) is 0. The molecule has 70 valence electrons. The summed E-state index contributed by atoms with van der Waals surface area (Å²) in [4.78, 5) is 12.8. The zero-order valence-corrected chi connectivity index (χ0v) is 7.36. The Balaban J connectivity index is 2.39. The van der Waals surface area contributed by atoms with E-state index in [2.05, 4.69) is 0 Å². The van der Waals surface area contributed by atoms with Gasteiger partial charge < -0.3 is 10.8 Å². The SMILES string of the molecule is C[C@H](C(N)=O)N1CCC(O)CC1. The molecule has 0 spiro atoms. The third-order valence-electron chi connectivity index (χ3n) is 2.46. The number of rotatable bonds is 2. The van der Waals surface area contributed by atoms with Gasteiger partial charge in [0.2, 0.25) is 5.91 Å². The molecule has 1 atom stereocenters. The molecule has 0 aromatic carbocycles. The number of carbonyl (C=O) groups is 1. The number of hydrogen-bond acceptors (Lipinski definition) is 3. The van der Waals surface area contributed by atoms with Crippen molar-refractivity contribution in [1.82, 2.24) is 4.90 Å². The van der Waals surface area contributed by atoms with Gasteiger partial charge in [-0.1, -0.05) is 0 Å². The van der Waals surface area contributed by atoms with Gasteiger partial charge in [-0.2, -0.15) is 0 Å². The fraction of sp³-hybridized carbons (Fsp3) is 0.875. The van der Waals surface area contributed by atoms with Crippen LogP contribution in [0.3, 0.4) is 0 Å². The monoisotopic (exact) mass is 172 g/mol. The van der Waals surface area contributed by atoms with Crippen LogP contribution in [0.2, 0.25) is 0 Å². The molecule has 1 amide bonds. The first-order valence-corrected chi connectivity index (χ1v) is 4.32. The summed E-state index contributed by atoms with van der Waals surface area (Å²) in [5.74, 6) is -0.286. The van der Waals surface area contributed by atoms with Crippen molar-refractivity contribution in [2.75, 3.05) is 13.1 Å². The lowest BCUT2D eigenvalue weighted by atomic mass is 10.1. The zero-order chi connectivity index (χ0) is 9.14. The highest BCUT2D eigenvalue weighted by Crippen LogP contribution is 2.12. The fourth-order valence-electron chi connectivity index (χ4n) is 1.45. The Morgan fingerprint density at radius 1 is 1.58 bits per heavy atom. The Hall–Kier alpha value is -0.610. The van der Waals surface area contributed by atoms with Crippen LogP contribution < -0.4 is 5.73 Å². The molecular weight excluding hydrogens is 156 g/mol.